The Morgan fingerprint density at radius 3 is 1.78 bits per heavy atom. The van der Waals surface area contributed by atoms with Gasteiger partial charge in [-0.2, -0.15) is 4.90 Å². The maximum atomic E-state index is 12.7. The SMILES string of the molecule is COC(=O)C(CC/C=C(/C)CCl)N(C(=O)OC(C)(C)C)C(=O)OC(C)(C)C. The van der Waals surface area contributed by atoms with Gasteiger partial charge in [0.05, 0.1) is 7.11 Å². The molecule has 0 N–H and O–H groups in total. The lowest BCUT2D eigenvalue weighted by molar-refractivity contribution is -0.146. The first-order chi connectivity index (χ1) is 12.2. The predicted molar refractivity (Wildman–Crippen MR) is 104 cm³/mol. The molecule has 0 fully saturated rings. The van der Waals surface area contributed by atoms with Gasteiger partial charge in [-0.15, -0.1) is 11.6 Å². The van der Waals surface area contributed by atoms with Gasteiger partial charge in [-0.1, -0.05) is 11.6 Å². The Bertz CT molecular complexity index is 532. The zero-order valence-electron chi connectivity index (χ0n) is 17.6. The maximum absolute atomic E-state index is 12.7. The van der Waals surface area contributed by atoms with Gasteiger partial charge in [0, 0.05) is 5.88 Å². The van der Waals surface area contributed by atoms with Crippen molar-refractivity contribution in [2.75, 3.05) is 13.0 Å². The molecule has 0 aromatic heterocycles. The average molecular weight is 406 g/mol. The van der Waals surface area contributed by atoms with Crippen molar-refractivity contribution in [2.45, 2.75) is 78.6 Å². The minimum atomic E-state index is -1.18. The van der Waals surface area contributed by atoms with Gasteiger partial charge in [0.1, 0.15) is 17.2 Å². The molecule has 27 heavy (non-hydrogen) atoms. The van der Waals surface area contributed by atoms with Crippen LogP contribution in [0.25, 0.3) is 0 Å². The van der Waals surface area contributed by atoms with E-state index in [1.165, 1.54) is 7.11 Å². The van der Waals surface area contributed by atoms with E-state index in [4.69, 9.17) is 25.8 Å². The molecule has 0 aromatic rings. The number of carbonyl (C=O) groups is 3. The second-order valence-corrected chi connectivity index (χ2v) is 8.40. The Balaban J connectivity index is 5.77. The molecule has 0 saturated carbocycles. The van der Waals surface area contributed by atoms with Crippen LogP contribution in [0.2, 0.25) is 0 Å². The Morgan fingerprint density at radius 2 is 1.44 bits per heavy atom. The van der Waals surface area contributed by atoms with E-state index in [-0.39, 0.29) is 6.42 Å². The van der Waals surface area contributed by atoms with Crippen molar-refractivity contribution in [1.29, 1.82) is 0 Å². The first-order valence-electron chi connectivity index (χ1n) is 8.76. The van der Waals surface area contributed by atoms with Gasteiger partial charge in [0.2, 0.25) is 0 Å². The highest BCUT2D eigenvalue weighted by Crippen LogP contribution is 2.20. The summed E-state index contributed by atoms with van der Waals surface area (Å²) in [7, 11) is 1.19. The van der Waals surface area contributed by atoms with Crippen molar-refractivity contribution in [1.82, 2.24) is 4.90 Å². The fourth-order valence-corrected chi connectivity index (χ4v) is 2.09. The van der Waals surface area contributed by atoms with Crippen LogP contribution in [0.1, 0.15) is 61.3 Å². The number of nitrogens with zero attached hydrogens (tertiary/aromatic N) is 1. The van der Waals surface area contributed by atoms with Gasteiger partial charge in [-0.25, -0.2) is 14.4 Å². The van der Waals surface area contributed by atoms with Crippen molar-refractivity contribution in [3.63, 3.8) is 0 Å². The van der Waals surface area contributed by atoms with Gasteiger partial charge < -0.3 is 14.2 Å². The number of esters is 1. The zero-order chi connectivity index (χ0) is 21.4. The summed E-state index contributed by atoms with van der Waals surface area (Å²) < 4.78 is 15.4. The lowest BCUT2D eigenvalue weighted by Gasteiger charge is -2.32. The second kappa shape index (κ2) is 10.5. The molecular formula is C19H32ClNO6. The fourth-order valence-electron chi connectivity index (χ4n) is 1.98. The molecule has 0 saturated heterocycles. The molecule has 0 heterocycles. The largest absolute Gasteiger partial charge is 0.467 e. The number of allylic oxidation sites excluding steroid dienone is 2. The molecule has 1 atom stereocenters. The third-order valence-corrected chi connectivity index (χ3v) is 3.53. The molecule has 0 aliphatic rings. The third kappa shape index (κ3) is 10.2. The molecule has 8 heteroatoms. The standard InChI is InChI=1S/C19H32ClNO6/c1-13(12-20)10-9-11-14(15(22)25-8)21(16(23)26-18(2,3)4)17(24)27-19(5,6)7/h10,14H,9,11-12H2,1-8H3/b13-10-. The second-order valence-electron chi connectivity index (χ2n) is 8.13. The first-order valence-corrected chi connectivity index (χ1v) is 9.30. The van der Waals surface area contributed by atoms with E-state index in [0.717, 1.165) is 5.57 Å². The lowest BCUT2D eigenvalue weighted by atomic mass is 10.1. The van der Waals surface area contributed by atoms with Crippen molar-refractivity contribution in [3.8, 4) is 0 Å². The van der Waals surface area contributed by atoms with Gasteiger partial charge in [-0.3, -0.25) is 0 Å². The van der Waals surface area contributed by atoms with Gasteiger partial charge >= 0.3 is 18.2 Å². The van der Waals surface area contributed by atoms with Crippen LogP contribution in [0, 0.1) is 0 Å². The van der Waals surface area contributed by atoms with E-state index < -0.39 is 35.4 Å². The van der Waals surface area contributed by atoms with Crippen molar-refractivity contribution in [3.05, 3.63) is 11.6 Å². The monoisotopic (exact) mass is 405 g/mol. The highest BCUT2D eigenvalue weighted by atomic mass is 35.5. The third-order valence-electron chi connectivity index (χ3n) is 3.11. The average Bonchev–Trinajstić information content (AvgIpc) is 2.49. The normalized spacial score (nSPS) is 13.6. The van der Waals surface area contributed by atoms with E-state index in [1.54, 1.807) is 41.5 Å². The van der Waals surface area contributed by atoms with Crippen molar-refractivity contribution < 1.29 is 28.6 Å². The summed E-state index contributed by atoms with van der Waals surface area (Å²) in [4.78, 5) is 38.3. The van der Waals surface area contributed by atoms with Crippen LogP contribution in [-0.2, 0) is 19.0 Å². The number of alkyl halides is 1. The quantitative estimate of drug-likeness (QED) is 0.276. The van der Waals surface area contributed by atoms with Crippen molar-refractivity contribution >= 4 is 29.8 Å². The number of methoxy groups -OCH3 is 1. The summed E-state index contributed by atoms with van der Waals surface area (Å²) in [6, 6.07) is -1.18. The summed E-state index contributed by atoms with van der Waals surface area (Å²) in [5, 5.41) is 0. The Labute approximate surface area is 167 Å². The molecule has 0 spiro atoms. The van der Waals surface area contributed by atoms with Crippen LogP contribution in [0.5, 0.6) is 0 Å². The number of halogens is 1. The van der Waals surface area contributed by atoms with Crippen LogP contribution in [0.3, 0.4) is 0 Å². The fraction of sp³-hybridized carbons (Fsp3) is 0.737. The van der Waals surface area contributed by atoms with Gasteiger partial charge in [-0.05, 0) is 61.3 Å². The maximum Gasteiger partial charge on any atom is 0.420 e. The number of hydrogen-bond acceptors (Lipinski definition) is 6. The number of ether oxygens (including phenoxy) is 3. The number of amides is 2. The van der Waals surface area contributed by atoms with Gasteiger partial charge in [0.25, 0.3) is 0 Å². The van der Waals surface area contributed by atoms with E-state index >= 15 is 0 Å². The summed E-state index contributed by atoms with van der Waals surface area (Å²) in [5.41, 5.74) is -0.790. The number of imide groups is 1. The molecule has 7 nitrogen and oxygen atoms in total. The van der Waals surface area contributed by atoms with Crippen LogP contribution in [0.15, 0.2) is 11.6 Å². The minimum absolute atomic E-state index is 0.152. The Morgan fingerprint density at radius 1 is 1.00 bits per heavy atom. The van der Waals surface area contributed by atoms with Crippen molar-refractivity contribution in [2.24, 2.45) is 0 Å². The molecule has 0 radical (unpaired) electrons. The van der Waals surface area contributed by atoms with Crippen LogP contribution >= 0.6 is 11.6 Å². The smallest absolute Gasteiger partial charge is 0.420 e. The molecule has 0 aromatic carbocycles. The molecule has 0 aliphatic carbocycles. The number of carbonyl (C=O) groups excluding carboxylic acids is 3. The molecule has 156 valence electrons. The molecule has 1 unspecified atom stereocenters. The summed E-state index contributed by atoms with van der Waals surface area (Å²) in [6.45, 7) is 11.8. The summed E-state index contributed by atoms with van der Waals surface area (Å²) in [6.07, 6.45) is 0.473. The van der Waals surface area contributed by atoms with Crippen LogP contribution in [-0.4, -0.2) is 53.3 Å². The predicted octanol–water partition coefficient (Wildman–Crippen LogP) is 4.67. The number of hydrogen-bond donors (Lipinski definition) is 0. The molecule has 0 rings (SSSR count). The van der Waals surface area contributed by atoms with Crippen LogP contribution in [0.4, 0.5) is 9.59 Å². The lowest BCUT2D eigenvalue weighted by Crippen LogP contribution is -2.52. The van der Waals surface area contributed by atoms with Crippen LogP contribution < -0.4 is 0 Å². The highest BCUT2D eigenvalue weighted by Gasteiger charge is 2.40. The molecule has 2 amide bonds. The number of rotatable bonds is 6. The molecule has 0 bridgehead atoms. The summed E-state index contributed by atoms with van der Waals surface area (Å²) >= 11 is 5.75. The minimum Gasteiger partial charge on any atom is -0.467 e. The summed E-state index contributed by atoms with van der Waals surface area (Å²) in [5.74, 6) is -0.381. The topological polar surface area (TPSA) is 82.1 Å². The van der Waals surface area contributed by atoms with E-state index in [9.17, 15) is 14.4 Å². The Kier molecular flexibility index (Phi) is 9.86. The Hall–Kier alpha value is -1.76. The molecule has 0 aliphatic heterocycles. The van der Waals surface area contributed by atoms with E-state index in [1.807, 2.05) is 13.0 Å². The van der Waals surface area contributed by atoms with E-state index in [2.05, 4.69) is 0 Å². The van der Waals surface area contributed by atoms with E-state index in [0.29, 0.717) is 17.2 Å². The highest BCUT2D eigenvalue weighted by molar-refractivity contribution is 6.19. The van der Waals surface area contributed by atoms with Gasteiger partial charge in [0.15, 0.2) is 0 Å². The first kappa shape index (κ1) is 25.2. The molecular weight excluding hydrogens is 374 g/mol. The zero-order valence-corrected chi connectivity index (χ0v) is 18.3.